The molecule has 4 nitrogen and oxygen atoms in total. The van der Waals surface area contributed by atoms with E-state index in [2.05, 4.69) is 15.3 Å². The number of aromatic nitrogens is 2. The van der Waals surface area contributed by atoms with Gasteiger partial charge in [0.25, 0.3) is 0 Å². The molecule has 17 heavy (non-hydrogen) atoms. The van der Waals surface area contributed by atoms with Gasteiger partial charge in [-0.15, -0.1) is 0 Å². The van der Waals surface area contributed by atoms with Crippen molar-refractivity contribution < 1.29 is 4.39 Å². The maximum atomic E-state index is 13.6. The molecule has 1 heterocycles. The zero-order chi connectivity index (χ0) is 12.3. The predicted molar refractivity (Wildman–Crippen MR) is 67.6 cm³/mol. The largest absolute Gasteiger partial charge is 0.389 e. The number of hydrogen-bond acceptors (Lipinski definition) is 4. The number of anilines is 2. The third-order valence-electron chi connectivity index (χ3n) is 2.10. The van der Waals surface area contributed by atoms with Crippen LogP contribution in [0.3, 0.4) is 0 Å². The number of nitrogens with one attached hydrogen (secondary N) is 1. The first-order valence-corrected chi connectivity index (χ1v) is 5.19. The first-order chi connectivity index (χ1) is 8.18. The van der Waals surface area contributed by atoms with E-state index < -0.39 is 5.82 Å². The molecule has 0 saturated carbocycles. The molecule has 0 fully saturated rings. The van der Waals surface area contributed by atoms with Crippen LogP contribution in [0.4, 0.5) is 15.8 Å². The Labute approximate surface area is 103 Å². The smallest absolute Gasteiger partial charge is 0.135 e. The molecule has 0 atom stereocenters. The van der Waals surface area contributed by atoms with Gasteiger partial charge in [0.05, 0.1) is 29.3 Å². The second-order valence-electron chi connectivity index (χ2n) is 3.28. The van der Waals surface area contributed by atoms with E-state index in [1.165, 1.54) is 12.4 Å². The fourth-order valence-electron chi connectivity index (χ4n) is 1.40. The van der Waals surface area contributed by atoms with Crippen molar-refractivity contribution in [3.05, 3.63) is 48.3 Å². The first kappa shape index (κ1) is 11.4. The number of halogens is 1. The third-order valence-corrected chi connectivity index (χ3v) is 2.30. The fraction of sp³-hybridized carbons (Fsp3) is 0. The Morgan fingerprint density at radius 1 is 1.29 bits per heavy atom. The van der Waals surface area contributed by atoms with Crippen LogP contribution in [0.1, 0.15) is 5.56 Å². The summed E-state index contributed by atoms with van der Waals surface area (Å²) < 4.78 is 13.6. The SMILES string of the molecule is NC(=S)c1c(F)cccc1Nc1cncnc1. The van der Waals surface area contributed by atoms with Crippen molar-refractivity contribution in [2.24, 2.45) is 5.73 Å². The Balaban J connectivity index is 2.40. The summed E-state index contributed by atoms with van der Waals surface area (Å²) in [5.41, 5.74) is 6.80. The monoisotopic (exact) mass is 248 g/mol. The van der Waals surface area contributed by atoms with Crippen LogP contribution in [0.25, 0.3) is 0 Å². The fourth-order valence-corrected chi connectivity index (χ4v) is 1.61. The van der Waals surface area contributed by atoms with Crippen LogP contribution in [0, 0.1) is 5.82 Å². The molecule has 0 amide bonds. The second kappa shape index (κ2) is 4.84. The molecule has 0 spiro atoms. The van der Waals surface area contributed by atoms with E-state index in [1.807, 2.05) is 0 Å². The Morgan fingerprint density at radius 2 is 2.00 bits per heavy atom. The molecule has 2 aromatic rings. The molecular weight excluding hydrogens is 239 g/mol. The quantitative estimate of drug-likeness (QED) is 0.813. The minimum atomic E-state index is -0.459. The highest BCUT2D eigenvalue weighted by Gasteiger charge is 2.11. The van der Waals surface area contributed by atoms with Crippen molar-refractivity contribution in [1.82, 2.24) is 9.97 Å². The summed E-state index contributed by atoms with van der Waals surface area (Å²) in [5.74, 6) is -0.459. The van der Waals surface area contributed by atoms with Crippen LogP contribution in [-0.4, -0.2) is 15.0 Å². The van der Waals surface area contributed by atoms with E-state index in [1.54, 1.807) is 24.5 Å². The molecule has 0 saturated heterocycles. The van der Waals surface area contributed by atoms with E-state index in [0.29, 0.717) is 11.4 Å². The highest BCUT2D eigenvalue weighted by atomic mass is 32.1. The van der Waals surface area contributed by atoms with Crippen molar-refractivity contribution >= 4 is 28.6 Å². The molecule has 1 aromatic carbocycles. The van der Waals surface area contributed by atoms with E-state index in [9.17, 15) is 4.39 Å². The van der Waals surface area contributed by atoms with Gasteiger partial charge in [0.15, 0.2) is 0 Å². The van der Waals surface area contributed by atoms with Gasteiger partial charge in [0, 0.05) is 0 Å². The minimum absolute atomic E-state index is 0.00227. The van der Waals surface area contributed by atoms with Gasteiger partial charge in [-0.1, -0.05) is 18.3 Å². The number of thiocarbonyl (C=S) groups is 1. The third kappa shape index (κ3) is 2.54. The summed E-state index contributed by atoms with van der Waals surface area (Å²) in [6.45, 7) is 0. The number of rotatable bonds is 3. The Bertz CT molecular complexity index is 544. The van der Waals surface area contributed by atoms with Gasteiger partial charge in [0.1, 0.15) is 17.1 Å². The second-order valence-corrected chi connectivity index (χ2v) is 3.72. The average molecular weight is 248 g/mol. The van der Waals surface area contributed by atoms with Crippen LogP contribution in [0.2, 0.25) is 0 Å². The normalized spacial score (nSPS) is 9.94. The molecule has 0 aliphatic carbocycles. The van der Waals surface area contributed by atoms with Gasteiger partial charge in [0.2, 0.25) is 0 Å². The minimum Gasteiger partial charge on any atom is -0.389 e. The standard InChI is InChI=1S/C11H9FN4S/c12-8-2-1-3-9(10(8)11(13)17)16-7-4-14-6-15-5-7/h1-6,16H,(H2,13,17). The number of nitrogens with two attached hydrogens (primary N) is 1. The van der Waals surface area contributed by atoms with Gasteiger partial charge in [-0.3, -0.25) is 0 Å². The predicted octanol–water partition coefficient (Wildman–Crippen LogP) is 1.99. The van der Waals surface area contributed by atoms with Crippen molar-refractivity contribution in [2.75, 3.05) is 5.32 Å². The number of nitrogens with zero attached hydrogens (tertiary/aromatic N) is 2. The van der Waals surface area contributed by atoms with E-state index >= 15 is 0 Å². The van der Waals surface area contributed by atoms with E-state index in [-0.39, 0.29) is 10.6 Å². The van der Waals surface area contributed by atoms with Crippen molar-refractivity contribution in [1.29, 1.82) is 0 Å². The van der Waals surface area contributed by atoms with Crippen LogP contribution in [0.15, 0.2) is 36.9 Å². The Morgan fingerprint density at radius 3 is 2.65 bits per heavy atom. The van der Waals surface area contributed by atoms with Crippen molar-refractivity contribution in [2.45, 2.75) is 0 Å². The lowest BCUT2D eigenvalue weighted by molar-refractivity contribution is 0.626. The lowest BCUT2D eigenvalue weighted by Crippen LogP contribution is -2.14. The maximum absolute atomic E-state index is 13.6. The topological polar surface area (TPSA) is 63.8 Å². The molecule has 0 aliphatic rings. The molecule has 0 radical (unpaired) electrons. The first-order valence-electron chi connectivity index (χ1n) is 4.79. The summed E-state index contributed by atoms with van der Waals surface area (Å²) in [5, 5.41) is 2.96. The van der Waals surface area contributed by atoms with Crippen LogP contribution >= 0.6 is 12.2 Å². The molecule has 0 bridgehead atoms. The van der Waals surface area contributed by atoms with Crippen molar-refractivity contribution in [3.63, 3.8) is 0 Å². The van der Waals surface area contributed by atoms with E-state index in [4.69, 9.17) is 18.0 Å². The molecule has 0 unspecified atom stereocenters. The Kier molecular flexibility index (Phi) is 3.24. The zero-order valence-electron chi connectivity index (χ0n) is 8.72. The molecule has 3 N–H and O–H groups in total. The van der Waals surface area contributed by atoms with Crippen LogP contribution in [-0.2, 0) is 0 Å². The summed E-state index contributed by atoms with van der Waals surface area (Å²) in [6, 6.07) is 4.56. The molecule has 6 heteroatoms. The van der Waals surface area contributed by atoms with Gasteiger partial charge >= 0.3 is 0 Å². The molecule has 1 aromatic heterocycles. The lowest BCUT2D eigenvalue weighted by Gasteiger charge is -2.11. The lowest BCUT2D eigenvalue weighted by atomic mass is 10.1. The molecule has 0 aliphatic heterocycles. The zero-order valence-corrected chi connectivity index (χ0v) is 9.54. The highest BCUT2D eigenvalue weighted by molar-refractivity contribution is 7.80. The summed E-state index contributed by atoms with van der Waals surface area (Å²) in [7, 11) is 0. The van der Waals surface area contributed by atoms with Crippen molar-refractivity contribution in [3.8, 4) is 0 Å². The number of benzene rings is 1. The average Bonchev–Trinajstić information content (AvgIpc) is 2.30. The van der Waals surface area contributed by atoms with E-state index in [0.717, 1.165) is 0 Å². The molecule has 86 valence electrons. The molecule has 2 rings (SSSR count). The number of hydrogen-bond donors (Lipinski definition) is 2. The van der Waals surface area contributed by atoms with Gasteiger partial charge in [-0.2, -0.15) is 0 Å². The summed E-state index contributed by atoms with van der Waals surface area (Å²) in [6.07, 6.45) is 4.55. The summed E-state index contributed by atoms with van der Waals surface area (Å²) in [4.78, 5) is 7.69. The van der Waals surface area contributed by atoms with Gasteiger partial charge in [-0.05, 0) is 12.1 Å². The highest BCUT2D eigenvalue weighted by Crippen LogP contribution is 2.22. The van der Waals surface area contributed by atoms with Gasteiger partial charge < -0.3 is 11.1 Å². The van der Waals surface area contributed by atoms with Crippen LogP contribution in [0.5, 0.6) is 0 Å². The van der Waals surface area contributed by atoms with Crippen LogP contribution < -0.4 is 11.1 Å². The maximum Gasteiger partial charge on any atom is 0.135 e. The summed E-state index contributed by atoms with van der Waals surface area (Å²) >= 11 is 4.82. The van der Waals surface area contributed by atoms with Gasteiger partial charge in [-0.25, -0.2) is 14.4 Å². The molecular formula is C11H9FN4S. The Hall–Kier alpha value is -2.08.